The molecule has 1 saturated heterocycles. The van der Waals surface area contributed by atoms with Gasteiger partial charge >= 0.3 is 0 Å². The van der Waals surface area contributed by atoms with E-state index in [4.69, 9.17) is 0 Å². The minimum Gasteiger partial charge on any atom is -0.383 e. The molecule has 2 aliphatic heterocycles. The molecule has 3 heteroatoms. The Morgan fingerprint density at radius 3 is 2.58 bits per heavy atom. The second-order valence-corrected chi connectivity index (χ2v) is 8.83. The highest BCUT2D eigenvalue weighted by molar-refractivity contribution is 9.11. The molecule has 0 amide bonds. The number of aryl methyl sites for hydroxylation is 2. The summed E-state index contributed by atoms with van der Waals surface area (Å²) in [5.74, 6) is 1.36. The minimum atomic E-state index is 0.461. The summed E-state index contributed by atoms with van der Waals surface area (Å²) in [4.78, 5) is 0. The van der Waals surface area contributed by atoms with Crippen molar-refractivity contribution in [3.63, 3.8) is 0 Å². The first-order valence-electron chi connectivity index (χ1n) is 10.3. The van der Waals surface area contributed by atoms with E-state index in [0.717, 1.165) is 19.0 Å². The first-order valence-corrected chi connectivity index (χ1v) is 11.1. The second kappa shape index (κ2) is 9.23. The van der Waals surface area contributed by atoms with Crippen molar-refractivity contribution in [2.45, 2.75) is 64.8 Å². The fraction of sp³-hybridized carbons (Fsp3) is 0.565. The molecule has 4 rings (SSSR count). The van der Waals surface area contributed by atoms with Crippen molar-refractivity contribution < 1.29 is 0 Å². The number of rotatable bonds is 1. The lowest BCUT2D eigenvalue weighted by Gasteiger charge is -2.38. The molecule has 1 fully saturated rings. The van der Waals surface area contributed by atoms with Crippen molar-refractivity contribution in [1.29, 1.82) is 0 Å². The highest BCUT2D eigenvalue weighted by Crippen LogP contribution is 2.43. The standard InChI is InChI=1S/C20H25BrN2.C3H8/c1-13-2-5-18-15(10-13)3-4-16-11-17(21)12-23-20(16)19(18)14-6-8-22-9-7-14;1-3-2/h2,5,10-12,14,19-20,22-23H,3-4,6-9H2,1H3;3H2,1-2H3. The fourth-order valence-corrected chi connectivity index (χ4v) is 5.04. The summed E-state index contributed by atoms with van der Waals surface area (Å²) in [5.41, 5.74) is 6.12. The minimum absolute atomic E-state index is 0.461. The van der Waals surface area contributed by atoms with Gasteiger partial charge in [0.1, 0.15) is 0 Å². The normalized spacial score (nSPS) is 25.4. The highest BCUT2D eigenvalue weighted by Gasteiger charge is 2.37. The van der Waals surface area contributed by atoms with E-state index in [9.17, 15) is 0 Å². The van der Waals surface area contributed by atoms with Crippen LogP contribution in [0.5, 0.6) is 0 Å². The average Bonchev–Trinajstić information content (AvgIpc) is 2.79. The van der Waals surface area contributed by atoms with Crippen molar-refractivity contribution in [2.75, 3.05) is 13.1 Å². The lowest BCUT2D eigenvalue weighted by Crippen LogP contribution is -2.41. The van der Waals surface area contributed by atoms with Gasteiger partial charge in [0, 0.05) is 16.6 Å². The summed E-state index contributed by atoms with van der Waals surface area (Å²) in [6.45, 7) is 8.79. The molecule has 1 aromatic carbocycles. The van der Waals surface area contributed by atoms with Gasteiger partial charge in [-0.05, 0) is 90.3 Å². The zero-order valence-corrected chi connectivity index (χ0v) is 18.0. The van der Waals surface area contributed by atoms with Gasteiger partial charge in [-0.25, -0.2) is 0 Å². The topological polar surface area (TPSA) is 24.1 Å². The summed E-state index contributed by atoms with van der Waals surface area (Å²) in [7, 11) is 0. The van der Waals surface area contributed by atoms with Gasteiger partial charge < -0.3 is 10.6 Å². The molecular weight excluding hydrogens is 384 g/mol. The number of halogens is 1. The molecule has 0 saturated carbocycles. The average molecular weight is 417 g/mol. The lowest BCUT2D eigenvalue weighted by molar-refractivity contribution is 0.288. The molecule has 0 spiro atoms. The van der Waals surface area contributed by atoms with Crippen molar-refractivity contribution in [2.24, 2.45) is 5.92 Å². The van der Waals surface area contributed by atoms with Crippen molar-refractivity contribution >= 4 is 15.9 Å². The predicted molar refractivity (Wildman–Crippen MR) is 116 cm³/mol. The summed E-state index contributed by atoms with van der Waals surface area (Å²) in [6.07, 6.45) is 10.7. The third-order valence-electron chi connectivity index (χ3n) is 5.71. The van der Waals surface area contributed by atoms with Gasteiger partial charge in [0.15, 0.2) is 0 Å². The van der Waals surface area contributed by atoms with E-state index < -0.39 is 0 Å². The lowest BCUT2D eigenvalue weighted by atomic mass is 9.73. The number of allylic oxidation sites excluding steroid dienone is 2. The van der Waals surface area contributed by atoms with Crippen LogP contribution in [0, 0.1) is 12.8 Å². The number of dihydropyridines is 1. The number of piperidine rings is 1. The third kappa shape index (κ3) is 4.43. The number of hydrogen-bond acceptors (Lipinski definition) is 2. The molecule has 26 heavy (non-hydrogen) atoms. The summed E-state index contributed by atoms with van der Waals surface area (Å²) < 4.78 is 1.18. The summed E-state index contributed by atoms with van der Waals surface area (Å²) >= 11 is 3.65. The predicted octanol–water partition coefficient (Wildman–Crippen LogP) is 5.58. The molecule has 1 aliphatic carbocycles. The number of benzene rings is 1. The Balaban J connectivity index is 0.000000613. The molecule has 2 atom stereocenters. The molecule has 142 valence electrons. The maximum absolute atomic E-state index is 3.72. The molecular formula is C23H33BrN2. The van der Waals surface area contributed by atoms with Crippen LogP contribution in [0.3, 0.4) is 0 Å². The van der Waals surface area contributed by atoms with Crippen LogP contribution in [0.25, 0.3) is 0 Å². The van der Waals surface area contributed by atoms with Crippen molar-refractivity contribution in [3.05, 3.63) is 57.2 Å². The SMILES string of the molecule is CCC.Cc1ccc2c(c1)CCC1=CC(Br)=CNC1C2C1CCNCC1. The molecule has 2 unspecified atom stereocenters. The Kier molecular flexibility index (Phi) is 6.99. The number of fused-ring (bicyclic) bond motifs is 2. The van der Waals surface area contributed by atoms with Gasteiger partial charge in [0.25, 0.3) is 0 Å². The third-order valence-corrected chi connectivity index (χ3v) is 6.17. The van der Waals surface area contributed by atoms with Gasteiger partial charge in [-0.3, -0.25) is 0 Å². The maximum atomic E-state index is 3.72. The zero-order chi connectivity index (χ0) is 18.5. The van der Waals surface area contributed by atoms with Crippen LogP contribution < -0.4 is 10.6 Å². The molecule has 0 aromatic heterocycles. The smallest absolute Gasteiger partial charge is 0.0543 e. The van der Waals surface area contributed by atoms with Crippen LogP contribution in [0.1, 0.15) is 62.1 Å². The van der Waals surface area contributed by atoms with E-state index in [1.54, 1.807) is 16.7 Å². The maximum Gasteiger partial charge on any atom is 0.0543 e. The zero-order valence-electron chi connectivity index (χ0n) is 16.4. The van der Waals surface area contributed by atoms with E-state index in [1.165, 1.54) is 42.1 Å². The van der Waals surface area contributed by atoms with Crippen LogP contribution in [-0.2, 0) is 6.42 Å². The van der Waals surface area contributed by atoms with Gasteiger partial charge in [0.05, 0.1) is 6.04 Å². The quantitative estimate of drug-likeness (QED) is 0.624. The molecule has 1 aromatic rings. The second-order valence-electron chi connectivity index (χ2n) is 7.92. The molecule has 0 bridgehead atoms. The van der Waals surface area contributed by atoms with E-state index in [1.807, 2.05) is 0 Å². The number of nitrogens with one attached hydrogen (secondary N) is 2. The van der Waals surface area contributed by atoms with Crippen LogP contribution in [0.15, 0.2) is 40.5 Å². The summed E-state index contributed by atoms with van der Waals surface area (Å²) in [5, 5.41) is 7.24. The van der Waals surface area contributed by atoms with E-state index in [-0.39, 0.29) is 0 Å². The van der Waals surface area contributed by atoms with E-state index in [2.05, 4.69) is 77.8 Å². The fourth-order valence-electron chi connectivity index (χ4n) is 4.61. The summed E-state index contributed by atoms with van der Waals surface area (Å²) in [6, 6.07) is 7.60. The molecule has 0 radical (unpaired) electrons. The Labute approximate surface area is 167 Å². The van der Waals surface area contributed by atoms with Crippen molar-refractivity contribution in [3.8, 4) is 0 Å². The highest BCUT2D eigenvalue weighted by atomic mass is 79.9. The van der Waals surface area contributed by atoms with Crippen LogP contribution in [-0.4, -0.2) is 19.1 Å². The van der Waals surface area contributed by atoms with Gasteiger partial charge in [-0.15, -0.1) is 0 Å². The van der Waals surface area contributed by atoms with E-state index >= 15 is 0 Å². The molecule has 2 nitrogen and oxygen atoms in total. The Morgan fingerprint density at radius 2 is 1.85 bits per heavy atom. The Hall–Kier alpha value is -1.06. The molecule has 2 N–H and O–H groups in total. The monoisotopic (exact) mass is 416 g/mol. The Morgan fingerprint density at radius 1 is 1.12 bits per heavy atom. The molecule has 2 heterocycles. The van der Waals surface area contributed by atoms with Gasteiger partial charge in [-0.2, -0.15) is 0 Å². The molecule has 3 aliphatic rings. The van der Waals surface area contributed by atoms with E-state index in [0.29, 0.717) is 12.0 Å². The van der Waals surface area contributed by atoms with Crippen LogP contribution in [0.2, 0.25) is 0 Å². The van der Waals surface area contributed by atoms with Crippen LogP contribution in [0.4, 0.5) is 0 Å². The Bertz CT molecular complexity index is 671. The number of hydrogen-bond donors (Lipinski definition) is 2. The van der Waals surface area contributed by atoms with Crippen molar-refractivity contribution in [1.82, 2.24) is 10.6 Å². The van der Waals surface area contributed by atoms with Gasteiger partial charge in [0.2, 0.25) is 0 Å². The van der Waals surface area contributed by atoms with Gasteiger partial charge in [-0.1, -0.05) is 44.0 Å². The first kappa shape index (κ1) is 19.7. The largest absolute Gasteiger partial charge is 0.383 e. The van der Waals surface area contributed by atoms with Crippen LogP contribution >= 0.6 is 15.9 Å². The first-order chi connectivity index (χ1) is 12.6.